The Morgan fingerprint density at radius 1 is 1.10 bits per heavy atom. The van der Waals surface area contributed by atoms with E-state index < -0.39 is 0 Å². The van der Waals surface area contributed by atoms with Gasteiger partial charge in [-0.05, 0) is 42.5 Å². The van der Waals surface area contributed by atoms with Crippen LogP contribution in [0, 0.1) is 11.8 Å². The van der Waals surface area contributed by atoms with Crippen LogP contribution >= 0.6 is 23.2 Å². The first-order valence-corrected chi connectivity index (χ1v) is 6.82. The zero-order chi connectivity index (χ0) is 15.2. The van der Waals surface area contributed by atoms with Crippen molar-refractivity contribution in [2.45, 2.75) is 0 Å². The number of anilines is 1. The summed E-state index contributed by atoms with van der Waals surface area (Å²) in [6.45, 7) is -0.257. The zero-order valence-electron chi connectivity index (χ0n) is 10.9. The SMILES string of the molecule is O=C(Nc1cc(Cl)ccc1C#CCO)c1ccc(Cl)cc1. The third kappa shape index (κ3) is 4.24. The molecule has 2 aromatic rings. The van der Waals surface area contributed by atoms with E-state index in [1.165, 1.54) is 0 Å². The van der Waals surface area contributed by atoms with Crippen molar-refractivity contribution in [1.29, 1.82) is 0 Å². The Hall–Kier alpha value is -1.99. The molecule has 0 aliphatic carbocycles. The molecule has 21 heavy (non-hydrogen) atoms. The van der Waals surface area contributed by atoms with Gasteiger partial charge in [-0.1, -0.05) is 35.0 Å². The topological polar surface area (TPSA) is 49.3 Å². The fraction of sp³-hybridized carbons (Fsp3) is 0.0625. The number of rotatable bonds is 2. The number of nitrogens with one attached hydrogen (secondary N) is 1. The van der Waals surface area contributed by atoms with Crippen molar-refractivity contribution in [3.05, 3.63) is 63.6 Å². The van der Waals surface area contributed by atoms with Gasteiger partial charge >= 0.3 is 0 Å². The smallest absolute Gasteiger partial charge is 0.255 e. The molecule has 0 heterocycles. The van der Waals surface area contributed by atoms with Gasteiger partial charge in [0, 0.05) is 21.2 Å². The molecule has 0 saturated carbocycles. The Morgan fingerprint density at radius 3 is 2.43 bits per heavy atom. The number of benzene rings is 2. The van der Waals surface area contributed by atoms with E-state index in [1.54, 1.807) is 42.5 Å². The van der Waals surface area contributed by atoms with E-state index in [2.05, 4.69) is 17.2 Å². The van der Waals surface area contributed by atoms with Gasteiger partial charge < -0.3 is 10.4 Å². The second-order valence-corrected chi connectivity index (χ2v) is 4.98. The van der Waals surface area contributed by atoms with E-state index in [-0.39, 0.29) is 12.5 Å². The predicted molar refractivity (Wildman–Crippen MR) is 84.8 cm³/mol. The quantitative estimate of drug-likeness (QED) is 0.831. The molecule has 0 aromatic heterocycles. The number of amides is 1. The van der Waals surface area contributed by atoms with Gasteiger partial charge in [-0.15, -0.1) is 0 Å². The summed E-state index contributed by atoms with van der Waals surface area (Å²) in [6.07, 6.45) is 0. The lowest BCUT2D eigenvalue weighted by atomic mass is 10.1. The number of halogens is 2. The van der Waals surface area contributed by atoms with E-state index in [0.29, 0.717) is 26.9 Å². The maximum Gasteiger partial charge on any atom is 0.255 e. The third-order valence-corrected chi connectivity index (χ3v) is 3.13. The van der Waals surface area contributed by atoms with E-state index in [9.17, 15) is 4.79 Å². The monoisotopic (exact) mass is 319 g/mol. The van der Waals surface area contributed by atoms with Crippen molar-refractivity contribution in [2.24, 2.45) is 0 Å². The molecule has 1 amide bonds. The first-order chi connectivity index (χ1) is 10.1. The Bertz CT molecular complexity index is 715. The number of aliphatic hydroxyl groups excluding tert-OH is 1. The first-order valence-electron chi connectivity index (χ1n) is 6.06. The van der Waals surface area contributed by atoms with Gasteiger partial charge in [-0.25, -0.2) is 0 Å². The van der Waals surface area contributed by atoms with Crippen LogP contribution in [0.1, 0.15) is 15.9 Å². The fourth-order valence-corrected chi connectivity index (χ4v) is 1.96. The molecule has 2 N–H and O–H groups in total. The number of carbonyl (C=O) groups excluding carboxylic acids is 1. The number of carbonyl (C=O) groups is 1. The highest BCUT2D eigenvalue weighted by atomic mass is 35.5. The molecule has 0 fully saturated rings. The van der Waals surface area contributed by atoms with E-state index >= 15 is 0 Å². The summed E-state index contributed by atoms with van der Waals surface area (Å²) in [5.74, 6) is 5.01. The van der Waals surface area contributed by atoms with Crippen molar-refractivity contribution >= 4 is 34.8 Å². The highest BCUT2D eigenvalue weighted by Crippen LogP contribution is 2.21. The molecule has 0 atom stereocenters. The Kier molecular flexibility index (Phi) is 5.24. The van der Waals surface area contributed by atoms with Gasteiger partial charge in [0.1, 0.15) is 6.61 Å². The van der Waals surface area contributed by atoms with Gasteiger partial charge in [0.15, 0.2) is 0 Å². The van der Waals surface area contributed by atoms with Crippen molar-refractivity contribution in [1.82, 2.24) is 0 Å². The van der Waals surface area contributed by atoms with Crippen molar-refractivity contribution in [3.63, 3.8) is 0 Å². The molecule has 3 nitrogen and oxygen atoms in total. The molecular weight excluding hydrogens is 309 g/mol. The summed E-state index contributed by atoms with van der Waals surface area (Å²) >= 11 is 11.7. The highest BCUT2D eigenvalue weighted by molar-refractivity contribution is 6.31. The van der Waals surface area contributed by atoms with Gasteiger partial charge in [0.25, 0.3) is 5.91 Å². The Labute approximate surface area is 132 Å². The van der Waals surface area contributed by atoms with Gasteiger partial charge in [-0.2, -0.15) is 0 Å². The van der Waals surface area contributed by atoms with Crippen LogP contribution in [-0.2, 0) is 0 Å². The minimum Gasteiger partial charge on any atom is -0.384 e. The standard InChI is InChI=1S/C16H11Cl2NO2/c17-13-6-4-12(5-7-13)16(21)19-15-10-14(18)8-3-11(15)2-1-9-20/h3-8,10,20H,9H2,(H,19,21). The van der Waals surface area contributed by atoms with Crippen molar-refractivity contribution in [3.8, 4) is 11.8 Å². The van der Waals surface area contributed by atoms with Crippen LogP contribution in [0.25, 0.3) is 0 Å². The summed E-state index contributed by atoms with van der Waals surface area (Å²) in [5, 5.41) is 12.5. The normalized spacial score (nSPS) is 9.67. The maximum absolute atomic E-state index is 12.2. The molecule has 0 spiro atoms. The summed E-state index contributed by atoms with van der Waals surface area (Å²) in [6, 6.07) is 11.5. The maximum atomic E-state index is 12.2. The molecule has 0 bridgehead atoms. The zero-order valence-corrected chi connectivity index (χ0v) is 12.4. The van der Waals surface area contributed by atoms with Crippen LogP contribution in [0.2, 0.25) is 10.0 Å². The van der Waals surface area contributed by atoms with Gasteiger partial charge in [0.05, 0.1) is 5.69 Å². The minimum atomic E-state index is -0.291. The second kappa shape index (κ2) is 7.14. The largest absolute Gasteiger partial charge is 0.384 e. The molecular formula is C16H11Cl2NO2. The lowest BCUT2D eigenvalue weighted by molar-refractivity contribution is 0.102. The summed E-state index contributed by atoms with van der Waals surface area (Å²) < 4.78 is 0. The van der Waals surface area contributed by atoms with E-state index in [1.807, 2.05) is 0 Å². The van der Waals surface area contributed by atoms with Gasteiger partial charge in [0.2, 0.25) is 0 Å². The van der Waals surface area contributed by atoms with Crippen LogP contribution < -0.4 is 5.32 Å². The van der Waals surface area contributed by atoms with Gasteiger partial charge in [-0.3, -0.25) is 4.79 Å². The molecule has 2 aromatic carbocycles. The second-order valence-electron chi connectivity index (χ2n) is 4.11. The lowest BCUT2D eigenvalue weighted by Gasteiger charge is -2.08. The Morgan fingerprint density at radius 2 is 1.76 bits per heavy atom. The summed E-state index contributed by atoms with van der Waals surface area (Å²) in [7, 11) is 0. The van der Waals surface area contributed by atoms with E-state index in [0.717, 1.165) is 0 Å². The number of hydrogen-bond acceptors (Lipinski definition) is 2. The summed E-state index contributed by atoms with van der Waals surface area (Å²) in [5.41, 5.74) is 1.54. The van der Waals surface area contributed by atoms with Crippen LogP contribution in [0.3, 0.4) is 0 Å². The highest BCUT2D eigenvalue weighted by Gasteiger charge is 2.09. The van der Waals surface area contributed by atoms with Crippen molar-refractivity contribution < 1.29 is 9.90 Å². The fourth-order valence-electron chi connectivity index (χ4n) is 1.66. The molecule has 0 unspecified atom stereocenters. The average molecular weight is 320 g/mol. The molecule has 0 radical (unpaired) electrons. The van der Waals surface area contributed by atoms with Crippen LogP contribution in [0.5, 0.6) is 0 Å². The number of hydrogen-bond donors (Lipinski definition) is 2. The predicted octanol–water partition coefficient (Wildman–Crippen LogP) is 3.59. The van der Waals surface area contributed by atoms with Crippen LogP contribution in [-0.4, -0.2) is 17.6 Å². The van der Waals surface area contributed by atoms with Crippen molar-refractivity contribution in [2.75, 3.05) is 11.9 Å². The molecule has 0 saturated heterocycles. The molecule has 2 rings (SSSR count). The van der Waals surface area contributed by atoms with Crippen LogP contribution in [0.4, 0.5) is 5.69 Å². The molecule has 106 valence electrons. The molecule has 0 aliphatic rings. The van der Waals surface area contributed by atoms with E-state index in [4.69, 9.17) is 28.3 Å². The Balaban J connectivity index is 2.27. The van der Waals surface area contributed by atoms with Crippen LogP contribution in [0.15, 0.2) is 42.5 Å². The molecule has 0 aliphatic heterocycles. The summed E-state index contributed by atoms with van der Waals surface area (Å²) in [4.78, 5) is 12.2. The number of aliphatic hydroxyl groups is 1. The minimum absolute atomic E-state index is 0.257. The average Bonchev–Trinajstić information content (AvgIpc) is 2.47. The lowest BCUT2D eigenvalue weighted by Crippen LogP contribution is -2.12. The third-order valence-electron chi connectivity index (χ3n) is 2.64. The molecule has 5 heteroatoms. The first kappa shape index (κ1) is 15.4.